The van der Waals surface area contributed by atoms with Crippen LogP contribution in [0.3, 0.4) is 0 Å². The normalized spacial score (nSPS) is 18.5. The number of carbonyl (C=O) groups is 1. The third-order valence-corrected chi connectivity index (χ3v) is 6.23. The molecule has 1 saturated carbocycles. The lowest BCUT2D eigenvalue weighted by atomic mass is 9.90. The van der Waals surface area contributed by atoms with Crippen LogP contribution in [-0.2, 0) is 6.18 Å². The fourth-order valence-corrected chi connectivity index (χ4v) is 4.41. The molecule has 1 aromatic carbocycles. The SMILES string of the molecule is O=C(N[C@H]1CC[C@@H](Nc2cc(C(F)(F)F)nc3ccc(Cl)cc23)CC1)c1cc(-c2ccco2)on1. The number of halogens is 4. The number of nitrogens with zero attached hydrogens (tertiary/aromatic N) is 2. The first-order valence-electron chi connectivity index (χ1n) is 11.0. The summed E-state index contributed by atoms with van der Waals surface area (Å²) in [6.07, 6.45) is -0.438. The predicted octanol–water partition coefficient (Wildman–Crippen LogP) is 6.31. The van der Waals surface area contributed by atoms with Gasteiger partial charge in [-0.25, -0.2) is 4.98 Å². The highest BCUT2D eigenvalue weighted by Crippen LogP contribution is 2.35. The molecule has 5 rings (SSSR count). The zero-order valence-electron chi connectivity index (χ0n) is 18.2. The molecule has 1 aliphatic rings. The van der Waals surface area contributed by atoms with Gasteiger partial charge in [-0.1, -0.05) is 16.8 Å². The quantitative estimate of drug-likeness (QED) is 0.331. The van der Waals surface area contributed by atoms with Gasteiger partial charge in [-0.2, -0.15) is 13.2 Å². The summed E-state index contributed by atoms with van der Waals surface area (Å²) in [5, 5.41) is 10.9. The van der Waals surface area contributed by atoms with E-state index in [2.05, 4.69) is 20.8 Å². The maximum absolute atomic E-state index is 13.4. The van der Waals surface area contributed by atoms with Gasteiger partial charge in [0.2, 0.25) is 5.76 Å². The minimum atomic E-state index is -4.57. The molecule has 7 nitrogen and oxygen atoms in total. The first-order chi connectivity index (χ1) is 16.8. The predicted molar refractivity (Wildman–Crippen MR) is 123 cm³/mol. The fraction of sp³-hybridized carbons (Fsp3) is 0.292. The van der Waals surface area contributed by atoms with Crippen LogP contribution in [0.15, 0.2) is 57.7 Å². The average molecular weight is 505 g/mol. The van der Waals surface area contributed by atoms with Crippen molar-refractivity contribution in [2.24, 2.45) is 0 Å². The van der Waals surface area contributed by atoms with Crippen LogP contribution in [0.25, 0.3) is 22.4 Å². The Morgan fingerprint density at radius 2 is 1.80 bits per heavy atom. The van der Waals surface area contributed by atoms with Gasteiger partial charge in [-0.3, -0.25) is 4.79 Å². The molecule has 4 aromatic rings. The van der Waals surface area contributed by atoms with Crippen molar-refractivity contribution in [3.05, 3.63) is 65.1 Å². The summed E-state index contributed by atoms with van der Waals surface area (Å²) in [6.45, 7) is 0. The standard InChI is InChI=1S/C24H20ClF3N4O3/c25-13-3-8-17-16(10-13)18(12-22(31-17)24(26,27)28)29-14-4-6-15(7-5-14)30-23(33)19-11-21(35-32-19)20-2-1-9-34-20/h1-3,8-12,14-15H,4-7H2,(H,29,31)(H,30,33)/t14-,15+. The Labute approximate surface area is 202 Å². The van der Waals surface area contributed by atoms with E-state index in [1.807, 2.05) is 0 Å². The molecule has 2 N–H and O–H groups in total. The van der Waals surface area contributed by atoms with E-state index < -0.39 is 11.9 Å². The molecular weight excluding hydrogens is 485 g/mol. The molecule has 0 spiro atoms. The lowest BCUT2D eigenvalue weighted by molar-refractivity contribution is -0.140. The highest BCUT2D eigenvalue weighted by Gasteiger charge is 2.34. The minimum Gasteiger partial charge on any atom is -0.461 e. The minimum absolute atomic E-state index is 0.0635. The van der Waals surface area contributed by atoms with Gasteiger partial charge in [0.25, 0.3) is 5.91 Å². The maximum atomic E-state index is 13.4. The summed E-state index contributed by atoms with van der Waals surface area (Å²) in [4.78, 5) is 16.3. The Kier molecular flexibility index (Phi) is 6.14. The van der Waals surface area contributed by atoms with Crippen molar-refractivity contribution in [2.75, 3.05) is 5.32 Å². The van der Waals surface area contributed by atoms with Crippen molar-refractivity contribution in [1.82, 2.24) is 15.5 Å². The van der Waals surface area contributed by atoms with Gasteiger partial charge in [0.05, 0.1) is 11.8 Å². The number of pyridine rings is 1. The van der Waals surface area contributed by atoms with E-state index in [4.69, 9.17) is 20.5 Å². The van der Waals surface area contributed by atoms with Crippen molar-refractivity contribution in [1.29, 1.82) is 0 Å². The summed E-state index contributed by atoms with van der Waals surface area (Å²) in [6, 6.07) is 10.4. The topological polar surface area (TPSA) is 93.2 Å². The molecule has 3 aromatic heterocycles. The van der Waals surface area contributed by atoms with E-state index >= 15 is 0 Å². The van der Waals surface area contributed by atoms with Crippen LogP contribution in [0.4, 0.5) is 18.9 Å². The maximum Gasteiger partial charge on any atom is 0.433 e. The molecule has 3 heterocycles. The lowest BCUT2D eigenvalue weighted by Gasteiger charge is -2.30. The molecule has 1 aliphatic carbocycles. The molecule has 0 saturated heterocycles. The van der Waals surface area contributed by atoms with Crippen LogP contribution >= 0.6 is 11.6 Å². The van der Waals surface area contributed by atoms with E-state index in [1.54, 1.807) is 18.2 Å². The molecule has 35 heavy (non-hydrogen) atoms. The second kappa shape index (κ2) is 9.26. The third-order valence-electron chi connectivity index (χ3n) is 5.99. The van der Waals surface area contributed by atoms with Gasteiger partial charge in [-0.15, -0.1) is 0 Å². The summed E-state index contributed by atoms with van der Waals surface area (Å²) in [5.41, 5.74) is -0.256. The number of hydrogen-bond acceptors (Lipinski definition) is 6. The van der Waals surface area contributed by atoms with Gasteiger partial charge in [-0.05, 0) is 62.1 Å². The average Bonchev–Trinajstić information content (AvgIpc) is 3.52. The van der Waals surface area contributed by atoms with E-state index in [0.717, 1.165) is 6.07 Å². The van der Waals surface area contributed by atoms with Crippen molar-refractivity contribution in [2.45, 2.75) is 43.9 Å². The summed E-state index contributed by atoms with van der Waals surface area (Å²) in [5.74, 6) is 0.477. The highest BCUT2D eigenvalue weighted by atomic mass is 35.5. The van der Waals surface area contributed by atoms with Crippen LogP contribution in [-0.4, -0.2) is 28.1 Å². The number of alkyl halides is 3. The molecular formula is C24H20ClF3N4O3. The van der Waals surface area contributed by atoms with Crippen molar-refractivity contribution in [3.8, 4) is 11.5 Å². The number of anilines is 1. The number of amides is 1. The number of rotatable bonds is 5. The first-order valence-corrected chi connectivity index (χ1v) is 11.4. The zero-order valence-corrected chi connectivity index (χ0v) is 19.0. The number of carbonyl (C=O) groups excluding carboxylic acids is 1. The van der Waals surface area contributed by atoms with Crippen LogP contribution in [0, 0.1) is 0 Å². The monoisotopic (exact) mass is 504 g/mol. The smallest absolute Gasteiger partial charge is 0.433 e. The third kappa shape index (κ3) is 5.12. The summed E-state index contributed by atoms with van der Waals surface area (Å²) < 4.78 is 50.5. The number of hydrogen-bond donors (Lipinski definition) is 2. The number of aromatic nitrogens is 2. The molecule has 0 aliphatic heterocycles. The number of fused-ring (bicyclic) bond motifs is 1. The first kappa shape index (κ1) is 23.2. The molecule has 0 atom stereocenters. The van der Waals surface area contributed by atoms with Gasteiger partial charge in [0.15, 0.2) is 11.5 Å². The molecule has 1 amide bonds. The van der Waals surface area contributed by atoms with Crippen LogP contribution in [0.5, 0.6) is 0 Å². The Hall–Kier alpha value is -3.53. The van der Waals surface area contributed by atoms with Crippen molar-refractivity contribution >= 4 is 34.1 Å². The molecule has 11 heteroatoms. The molecule has 182 valence electrons. The number of benzene rings is 1. The van der Waals surface area contributed by atoms with Gasteiger partial charge >= 0.3 is 6.18 Å². The lowest BCUT2D eigenvalue weighted by Crippen LogP contribution is -2.40. The Balaban J connectivity index is 1.23. The zero-order chi connectivity index (χ0) is 24.6. The van der Waals surface area contributed by atoms with Crippen LogP contribution in [0.2, 0.25) is 5.02 Å². The number of furan rings is 1. The fourth-order valence-electron chi connectivity index (χ4n) is 4.24. The van der Waals surface area contributed by atoms with Gasteiger partial charge < -0.3 is 19.6 Å². The van der Waals surface area contributed by atoms with Gasteiger partial charge in [0.1, 0.15) is 5.69 Å². The number of nitrogens with one attached hydrogen (secondary N) is 2. The molecule has 1 fully saturated rings. The second-order valence-corrected chi connectivity index (χ2v) is 8.87. The molecule has 0 unspecified atom stereocenters. The Morgan fingerprint density at radius 1 is 1.03 bits per heavy atom. The summed E-state index contributed by atoms with van der Waals surface area (Å²) >= 11 is 6.08. The Morgan fingerprint density at radius 3 is 2.51 bits per heavy atom. The van der Waals surface area contributed by atoms with Gasteiger partial charge in [0, 0.05) is 34.2 Å². The van der Waals surface area contributed by atoms with E-state index in [9.17, 15) is 18.0 Å². The van der Waals surface area contributed by atoms with E-state index in [1.165, 1.54) is 24.5 Å². The highest BCUT2D eigenvalue weighted by molar-refractivity contribution is 6.31. The summed E-state index contributed by atoms with van der Waals surface area (Å²) in [7, 11) is 0. The van der Waals surface area contributed by atoms with E-state index in [0.29, 0.717) is 53.3 Å². The van der Waals surface area contributed by atoms with Crippen molar-refractivity contribution in [3.63, 3.8) is 0 Å². The van der Waals surface area contributed by atoms with Crippen molar-refractivity contribution < 1.29 is 26.9 Å². The van der Waals surface area contributed by atoms with Crippen LogP contribution < -0.4 is 10.6 Å². The van der Waals surface area contributed by atoms with E-state index in [-0.39, 0.29) is 29.2 Å². The Bertz CT molecular complexity index is 1350. The largest absolute Gasteiger partial charge is 0.461 e. The molecule has 0 radical (unpaired) electrons. The van der Waals surface area contributed by atoms with Crippen LogP contribution in [0.1, 0.15) is 41.9 Å². The molecule has 0 bridgehead atoms. The second-order valence-electron chi connectivity index (χ2n) is 8.43.